The average Bonchev–Trinajstić information content (AvgIpc) is 2.61. The Morgan fingerprint density at radius 1 is 0.500 bits per heavy atom. The number of aromatic nitrogens is 2. The highest BCUT2D eigenvalue weighted by molar-refractivity contribution is 5.71. The van der Waals surface area contributed by atoms with Crippen LogP contribution in [-0.4, -0.2) is 9.97 Å². The number of hydrogen-bond donors (Lipinski definition) is 0. The third kappa shape index (κ3) is 4.00. The summed E-state index contributed by atoms with van der Waals surface area (Å²) in [7, 11) is 0. The van der Waals surface area contributed by atoms with Crippen LogP contribution in [0, 0.1) is 0 Å². The molecule has 0 N–H and O–H groups in total. The van der Waals surface area contributed by atoms with Gasteiger partial charge in [-0.2, -0.15) is 0 Å². The van der Waals surface area contributed by atoms with Gasteiger partial charge in [-0.05, 0) is 47.5 Å². The smallest absolute Gasteiger partial charge is 0.0629 e. The molecule has 0 radical (unpaired) electrons. The van der Waals surface area contributed by atoms with Crippen LogP contribution in [0.15, 0.2) is 73.1 Å². The Hall–Kier alpha value is -3.00. The van der Waals surface area contributed by atoms with Crippen molar-refractivity contribution < 1.29 is 0 Å². The van der Waals surface area contributed by atoms with Crippen molar-refractivity contribution >= 4 is 24.3 Å². The fourth-order valence-electron chi connectivity index (χ4n) is 2.03. The van der Waals surface area contributed by atoms with E-state index in [1.165, 1.54) is 0 Å². The van der Waals surface area contributed by atoms with Crippen molar-refractivity contribution in [2.45, 2.75) is 0 Å². The summed E-state index contributed by atoms with van der Waals surface area (Å²) in [4.78, 5) is 8.54. The predicted molar refractivity (Wildman–Crippen MR) is 92.8 cm³/mol. The second-order valence-corrected chi connectivity index (χ2v) is 4.84. The summed E-state index contributed by atoms with van der Waals surface area (Å²) in [5.74, 6) is 0. The van der Waals surface area contributed by atoms with Crippen molar-refractivity contribution in [2.75, 3.05) is 0 Å². The van der Waals surface area contributed by atoms with E-state index in [4.69, 9.17) is 0 Å². The van der Waals surface area contributed by atoms with E-state index in [1.54, 1.807) is 12.4 Å². The lowest BCUT2D eigenvalue weighted by Crippen LogP contribution is -1.79. The minimum atomic E-state index is 0.960. The van der Waals surface area contributed by atoms with Gasteiger partial charge in [0.25, 0.3) is 0 Å². The summed E-state index contributed by atoms with van der Waals surface area (Å²) >= 11 is 0. The molecule has 0 saturated heterocycles. The first-order valence-corrected chi connectivity index (χ1v) is 7.18. The van der Waals surface area contributed by atoms with Crippen LogP contribution in [-0.2, 0) is 0 Å². The summed E-state index contributed by atoms with van der Waals surface area (Å²) in [6.07, 6.45) is 11.7. The first kappa shape index (κ1) is 14.0. The third-order valence-electron chi connectivity index (χ3n) is 3.21. The number of benzene rings is 1. The molecule has 0 aliphatic heterocycles. The van der Waals surface area contributed by atoms with E-state index >= 15 is 0 Å². The topological polar surface area (TPSA) is 25.8 Å². The van der Waals surface area contributed by atoms with Crippen molar-refractivity contribution in [1.82, 2.24) is 9.97 Å². The van der Waals surface area contributed by atoms with Crippen molar-refractivity contribution in [2.24, 2.45) is 0 Å². The van der Waals surface area contributed by atoms with E-state index < -0.39 is 0 Å². The zero-order valence-electron chi connectivity index (χ0n) is 12.1. The van der Waals surface area contributed by atoms with Crippen molar-refractivity contribution in [3.8, 4) is 0 Å². The Morgan fingerprint density at radius 2 is 0.955 bits per heavy atom. The molecule has 3 aromatic rings. The molecule has 2 heterocycles. The maximum atomic E-state index is 4.27. The molecule has 0 spiro atoms. The van der Waals surface area contributed by atoms with Crippen molar-refractivity contribution in [3.05, 3.63) is 95.6 Å². The van der Waals surface area contributed by atoms with E-state index in [0.717, 1.165) is 22.5 Å². The molecule has 0 bridgehead atoms. The minimum absolute atomic E-state index is 0.960. The number of hydrogen-bond acceptors (Lipinski definition) is 2. The zero-order chi connectivity index (χ0) is 15.0. The minimum Gasteiger partial charge on any atom is -0.257 e. The lowest BCUT2D eigenvalue weighted by Gasteiger charge is -1.97. The van der Waals surface area contributed by atoms with Gasteiger partial charge in [0.2, 0.25) is 0 Å². The fourth-order valence-corrected chi connectivity index (χ4v) is 2.03. The Morgan fingerprint density at radius 3 is 1.32 bits per heavy atom. The first-order chi connectivity index (χ1) is 10.9. The highest BCUT2D eigenvalue weighted by atomic mass is 14.7. The summed E-state index contributed by atoms with van der Waals surface area (Å²) in [6.45, 7) is 0. The van der Waals surface area contributed by atoms with E-state index in [9.17, 15) is 0 Å². The third-order valence-corrected chi connectivity index (χ3v) is 3.21. The van der Waals surface area contributed by atoms with Gasteiger partial charge >= 0.3 is 0 Å². The van der Waals surface area contributed by atoms with Crippen LogP contribution < -0.4 is 0 Å². The monoisotopic (exact) mass is 284 g/mol. The van der Waals surface area contributed by atoms with Gasteiger partial charge in [-0.3, -0.25) is 9.97 Å². The molecule has 2 aromatic heterocycles. The SMILES string of the molecule is C(=C\c1ccccn1)/c1ccc(/C=C/c2ccccn2)cc1. The zero-order valence-corrected chi connectivity index (χ0v) is 12.1. The van der Waals surface area contributed by atoms with Crippen molar-refractivity contribution in [1.29, 1.82) is 0 Å². The van der Waals surface area contributed by atoms with E-state index in [2.05, 4.69) is 46.4 Å². The summed E-state index contributed by atoms with van der Waals surface area (Å²) in [5, 5.41) is 0. The molecule has 1 aromatic carbocycles. The molecule has 2 heteroatoms. The molecule has 0 aliphatic rings. The second kappa shape index (κ2) is 7.14. The molecule has 0 fully saturated rings. The van der Waals surface area contributed by atoms with Crippen LogP contribution >= 0.6 is 0 Å². The first-order valence-electron chi connectivity index (χ1n) is 7.18. The van der Waals surface area contributed by atoms with Gasteiger partial charge in [-0.15, -0.1) is 0 Å². The van der Waals surface area contributed by atoms with E-state index in [-0.39, 0.29) is 0 Å². The summed E-state index contributed by atoms with van der Waals surface area (Å²) in [5.41, 5.74) is 4.23. The molecule has 0 aliphatic carbocycles. The van der Waals surface area contributed by atoms with Crippen molar-refractivity contribution in [3.63, 3.8) is 0 Å². The molecule has 0 amide bonds. The van der Waals surface area contributed by atoms with Crippen LogP contribution in [0.3, 0.4) is 0 Å². The molecule has 0 saturated carbocycles. The van der Waals surface area contributed by atoms with Gasteiger partial charge in [0, 0.05) is 12.4 Å². The number of pyridine rings is 2. The molecule has 3 rings (SSSR count). The fraction of sp³-hybridized carbons (Fsp3) is 0. The maximum absolute atomic E-state index is 4.27. The van der Waals surface area contributed by atoms with Crippen LogP contribution in [0.4, 0.5) is 0 Å². The molecule has 2 nitrogen and oxygen atoms in total. The average molecular weight is 284 g/mol. The Bertz CT molecular complexity index is 689. The molecule has 0 unspecified atom stereocenters. The molecule has 0 atom stereocenters. The lowest BCUT2D eigenvalue weighted by molar-refractivity contribution is 1.30. The molecular weight excluding hydrogens is 268 g/mol. The van der Waals surface area contributed by atoms with E-state index in [1.807, 2.05) is 48.6 Å². The molecule has 106 valence electrons. The maximum Gasteiger partial charge on any atom is 0.0629 e. The number of nitrogens with zero attached hydrogens (tertiary/aromatic N) is 2. The van der Waals surface area contributed by atoms with Gasteiger partial charge in [0.15, 0.2) is 0 Å². The Labute approximate surface area is 130 Å². The standard InChI is InChI=1S/C20H16N2/c1-3-15-21-19(5-1)13-11-17-7-9-18(10-8-17)12-14-20-6-2-4-16-22-20/h1-16H/b13-11+,14-12+. The van der Waals surface area contributed by atoms with Crippen LogP contribution in [0.5, 0.6) is 0 Å². The highest BCUT2D eigenvalue weighted by Crippen LogP contribution is 2.11. The molecular formula is C20H16N2. The number of rotatable bonds is 4. The van der Waals surface area contributed by atoms with Gasteiger partial charge in [0.1, 0.15) is 0 Å². The summed E-state index contributed by atoms with van der Waals surface area (Å²) < 4.78 is 0. The quantitative estimate of drug-likeness (QED) is 0.686. The van der Waals surface area contributed by atoms with Crippen LogP contribution in [0.2, 0.25) is 0 Å². The normalized spacial score (nSPS) is 11.3. The Balaban J connectivity index is 1.68. The van der Waals surface area contributed by atoms with E-state index in [0.29, 0.717) is 0 Å². The van der Waals surface area contributed by atoms with Gasteiger partial charge < -0.3 is 0 Å². The van der Waals surface area contributed by atoms with Crippen LogP contribution in [0.1, 0.15) is 22.5 Å². The van der Waals surface area contributed by atoms with Gasteiger partial charge in [-0.1, -0.05) is 48.6 Å². The van der Waals surface area contributed by atoms with Crippen LogP contribution in [0.25, 0.3) is 24.3 Å². The van der Waals surface area contributed by atoms with Gasteiger partial charge in [0.05, 0.1) is 11.4 Å². The highest BCUT2D eigenvalue weighted by Gasteiger charge is 1.91. The Kier molecular flexibility index (Phi) is 4.53. The lowest BCUT2D eigenvalue weighted by atomic mass is 10.1. The largest absolute Gasteiger partial charge is 0.257 e. The van der Waals surface area contributed by atoms with Gasteiger partial charge in [-0.25, -0.2) is 0 Å². The molecule has 22 heavy (non-hydrogen) atoms. The summed E-state index contributed by atoms with van der Waals surface area (Å²) in [6, 6.07) is 20.2. The second-order valence-electron chi connectivity index (χ2n) is 4.84. The predicted octanol–water partition coefficient (Wildman–Crippen LogP) is 4.82.